The SMILES string of the molecule is Cc1[nH]c(C(=O)O)nc1-c1ccc2c(c1)OCO2. The zero-order chi connectivity index (χ0) is 12.7. The third-order valence-corrected chi connectivity index (χ3v) is 2.73. The maximum Gasteiger partial charge on any atom is 0.371 e. The number of carboxylic acids is 1. The van der Waals surface area contributed by atoms with Gasteiger partial charge >= 0.3 is 5.97 Å². The zero-order valence-corrected chi connectivity index (χ0v) is 9.56. The molecule has 0 aliphatic carbocycles. The molecule has 2 N–H and O–H groups in total. The molecule has 1 aromatic heterocycles. The Labute approximate surface area is 102 Å². The van der Waals surface area contributed by atoms with Gasteiger partial charge in [0.1, 0.15) is 0 Å². The Balaban J connectivity index is 2.07. The number of hydrogen-bond donors (Lipinski definition) is 2. The van der Waals surface area contributed by atoms with Crippen LogP contribution in [-0.2, 0) is 0 Å². The molecule has 3 rings (SSSR count). The number of nitrogens with zero attached hydrogens (tertiary/aromatic N) is 1. The van der Waals surface area contributed by atoms with Gasteiger partial charge in [-0.25, -0.2) is 9.78 Å². The van der Waals surface area contributed by atoms with Crippen LogP contribution in [0, 0.1) is 6.92 Å². The number of hydrogen-bond acceptors (Lipinski definition) is 4. The average molecular weight is 246 g/mol. The highest BCUT2D eigenvalue weighted by atomic mass is 16.7. The number of carboxylic acid groups (broad SMARTS) is 1. The van der Waals surface area contributed by atoms with Gasteiger partial charge in [0.15, 0.2) is 11.5 Å². The van der Waals surface area contributed by atoms with Gasteiger partial charge in [0.25, 0.3) is 0 Å². The van der Waals surface area contributed by atoms with Crippen molar-refractivity contribution in [3.63, 3.8) is 0 Å². The van der Waals surface area contributed by atoms with Crippen molar-refractivity contribution < 1.29 is 19.4 Å². The number of aromatic nitrogens is 2. The second kappa shape index (κ2) is 3.76. The van der Waals surface area contributed by atoms with E-state index in [-0.39, 0.29) is 12.6 Å². The van der Waals surface area contributed by atoms with Crippen molar-refractivity contribution in [2.24, 2.45) is 0 Å². The summed E-state index contributed by atoms with van der Waals surface area (Å²) in [6, 6.07) is 5.39. The highest BCUT2D eigenvalue weighted by Crippen LogP contribution is 2.36. The number of aryl methyl sites for hydroxylation is 1. The first kappa shape index (κ1) is 10.6. The Morgan fingerprint density at radius 1 is 1.39 bits per heavy atom. The van der Waals surface area contributed by atoms with Gasteiger partial charge in [-0.15, -0.1) is 0 Å². The van der Waals surface area contributed by atoms with Crippen LogP contribution in [0.25, 0.3) is 11.3 Å². The normalized spacial score (nSPS) is 12.7. The van der Waals surface area contributed by atoms with E-state index >= 15 is 0 Å². The summed E-state index contributed by atoms with van der Waals surface area (Å²) in [7, 11) is 0. The van der Waals surface area contributed by atoms with Gasteiger partial charge < -0.3 is 19.6 Å². The second-order valence-electron chi connectivity index (χ2n) is 3.93. The molecule has 1 aliphatic rings. The van der Waals surface area contributed by atoms with Crippen molar-refractivity contribution in [3.8, 4) is 22.8 Å². The fourth-order valence-corrected chi connectivity index (χ4v) is 1.89. The van der Waals surface area contributed by atoms with Crippen molar-refractivity contribution in [1.29, 1.82) is 0 Å². The van der Waals surface area contributed by atoms with Gasteiger partial charge in [0.05, 0.1) is 5.69 Å². The summed E-state index contributed by atoms with van der Waals surface area (Å²) in [6.45, 7) is 1.98. The maximum atomic E-state index is 10.8. The molecule has 18 heavy (non-hydrogen) atoms. The minimum Gasteiger partial charge on any atom is -0.475 e. The molecule has 0 saturated heterocycles. The molecule has 6 nitrogen and oxygen atoms in total. The van der Waals surface area contributed by atoms with Crippen molar-refractivity contribution in [2.75, 3.05) is 6.79 Å². The third kappa shape index (κ3) is 1.58. The molecular weight excluding hydrogens is 236 g/mol. The fraction of sp³-hybridized carbons (Fsp3) is 0.167. The van der Waals surface area contributed by atoms with Gasteiger partial charge in [-0.1, -0.05) is 0 Å². The van der Waals surface area contributed by atoms with E-state index in [1.807, 2.05) is 6.07 Å². The van der Waals surface area contributed by atoms with Crippen molar-refractivity contribution >= 4 is 5.97 Å². The molecule has 2 heterocycles. The van der Waals surface area contributed by atoms with Gasteiger partial charge in [0.2, 0.25) is 12.6 Å². The number of H-pyrrole nitrogens is 1. The number of benzene rings is 1. The average Bonchev–Trinajstić information content (AvgIpc) is 2.93. The lowest BCUT2D eigenvalue weighted by Gasteiger charge is -2.00. The van der Waals surface area contributed by atoms with Crippen LogP contribution in [-0.4, -0.2) is 27.8 Å². The summed E-state index contributed by atoms with van der Waals surface area (Å²) in [5.41, 5.74) is 2.09. The van der Waals surface area contributed by atoms with Crippen LogP contribution < -0.4 is 9.47 Å². The van der Waals surface area contributed by atoms with Crippen LogP contribution in [0.1, 0.15) is 16.3 Å². The monoisotopic (exact) mass is 246 g/mol. The van der Waals surface area contributed by atoms with Crippen molar-refractivity contribution in [2.45, 2.75) is 6.92 Å². The standard InChI is InChI=1S/C12H10N2O4/c1-6-10(14-11(13-6)12(15)16)7-2-3-8-9(4-7)18-5-17-8/h2-4H,5H2,1H3,(H,13,14)(H,15,16). The van der Waals surface area contributed by atoms with Crippen molar-refractivity contribution in [3.05, 3.63) is 29.7 Å². The molecule has 0 saturated carbocycles. The quantitative estimate of drug-likeness (QED) is 0.844. The Morgan fingerprint density at radius 2 is 2.17 bits per heavy atom. The summed E-state index contributed by atoms with van der Waals surface area (Å²) < 4.78 is 10.5. The number of rotatable bonds is 2. The van der Waals surface area contributed by atoms with E-state index < -0.39 is 5.97 Å². The lowest BCUT2D eigenvalue weighted by Crippen LogP contribution is -1.98. The molecule has 92 valence electrons. The molecule has 0 fully saturated rings. The smallest absolute Gasteiger partial charge is 0.371 e. The molecule has 0 atom stereocenters. The largest absolute Gasteiger partial charge is 0.475 e. The molecule has 1 aromatic carbocycles. The number of ether oxygens (including phenoxy) is 2. The zero-order valence-electron chi connectivity index (χ0n) is 9.56. The molecule has 0 amide bonds. The number of aromatic amines is 1. The van der Waals surface area contributed by atoms with Crippen LogP contribution in [0.4, 0.5) is 0 Å². The summed E-state index contributed by atoms with van der Waals surface area (Å²) in [6.07, 6.45) is 0. The number of aromatic carboxylic acids is 1. The van der Waals surface area contributed by atoms with E-state index in [1.165, 1.54) is 0 Å². The first-order chi connectivity index (χ1) is 8.65. The predicted molar refractivity (Wildman–Crippen MR) is 61.8 cm³/mol. The number of imidazole rings is 1. The second-order valence-corrected chi connectivity index (χ2v) is 3.93. The Hall–Kier alpha value is -2.50. The molecule has 2 aromatic rings. The van der Waals surface area contributed by atoms with Gasteiger partial charge in [-0.2, -0.15) is 0 Å². The van der Waals surface area contributed by atoms with E-state index in [9.17, 15) is 4.79 Å². The summed E-state index contributed by atoms with van der Waals surface area (Å²) in [4.78, 5) is 17.6. The van der Waals surface area contributed by atoms with E-state index in [4.69, 9.17) is 14.6 Å². The lowest BCUT2D eigenvalue weighted by molar-refractivity contribution is 0.0684. The Bertz CT molecular complexity index is 633. The molecular formula is C12H10N2O4. The molecule has 0 spiro atoms. The topological polar surface area (TPSA) is 84.4 Å². The van der Waals surface area contributed by atoms with E-state index in [0.717, 1.165) is 5.56 Å². The molecule has 6 heteroatoms. The minimum absolute atomic E-state index is 0.0693. The van der Waals surface area contributed by atoms with Crippen LogP contribution in [0.2, 0.25) is 0 Å². The molecule has 0 radical (unpaired) electrons. The third-order valence-electron chi connectivity index (χ3n) is 2.73. The van der Waals surface area contributed by atoms with Gasteiger partial charge in [-0.05, 0) is 25.1 Å². The van der Waals surface area contributed by atoms with Crippen LogP contribution >= 0.6 is 0 Å². The van der Waals surface area contributed by atoms with Gasteiger partial charge in [0, 0.05) is 11.3 Å². The Kier molecular flexibility index (Phi) is 2.22. The predicted octanol–water partition coefficient (Wildman–Crippen LogP) is 1.81. The first-order valence-corrected chi connectivity index (χ1v) is 5.35. The highest BCUT2D eigenvalue weighted by molar-refractivity contribution is 5.85. The van der Waals surface area contributed by atoms with Crippen molar-refractivity contribution in [1.82, 2.24) is 9.97 Å². The van der Waals surface area contributed by atoms with E-state index in [0.29, 0.717) is 22.9 Å². The fourth-order valence-electron chi connectivity index (χ4n) is 1.89. The van der Waals surface area contributed by atoms with E-state index in [2.05, 4.69) is 9.97 Å². The number of fused-ring (bicyclic) bond motifs is 1. The molecule has 1 aliphatic heterocycles. The van der Waals surface area contributed by atoms with Crippen LogP contribution in [0.15, 0.2) is 18.2 Å². The summed E-state index contributed by atoms with van der Waals surface area (Å²) in [5, 5.41) is 8.89. The van der Waals surface area contributed by atoms with Gasteiger partial charge in [-0.3, -0.25) is 0 Å². The summed E-state index contributed by atoms with van der Waals surface area (Å²) in [5.74, 6) is 0.183. The molecule has 0 bridgehead atoms. The lowest BCUT2D eigenvalue weighted by atomic mass is 10.1. The molecule has 0 unspecified atom stereocenters. The maximum absolute atomic E-state index is 10.8. The van der Waals surface area contributed by atoms with E-state index in [1.54, 1.807) is 19.1 Å². The minimum atomic E-state index is -1.08. The number of nitrogens with one attached hydrogen (secondary N) is 1. The Morgan fingerprint density at radius 3 is 2.89 bits per heavy atom. The number of carbonyl (C=O) groups is 1. The highest BCUT2D eigenvalue weighted by Gasteiger charge is 2.18. The summed E-state index contributed by atoms with van der Waals surface area (Å²) >= 11 is 0. The van der Waals surface area contributed by atoms with Crippen LogP contribution in [0.5, 0.6) is 11.5 Å². The first-order valence-electron chi connectivity index (χ1n) is 5.35. The van der Waals surface area contributed by atoms with Crippen LogP contribution in [0.3, 0.4) is 0 Å².